The number of aromatic nitrogens is 2. The Hall–Kier alpha value is -1.72. The zero-order valence-electron chi connectivity index (χ0n) is 13.9. The molecule has 2 atom stereocenters. The van der Waals surface area contributed by atoms with E-state index in [1.54, 1.807) is 0 Å². The van der Waals surface area contributed by atoms with Gasteiger partial charge in [-0.05, 0) is 51.9 Å². The Morgan fingerprint density at radius 2 is 2.13 bits per heavy atom. The molecule has 2 aromatic rings. The number of nitrogens with zero attached hydrogens (tertiary/aromatic N) is 4. The topological polar surface area (TPSA) is 45.4 Å². The minimum Gasteiger partial charge on any atom is -0.338 e. The standard InChI is InChI=1S/C18H24N4O/c1-13-4-3-5-15(10-13)18-19-17(23-20-18)12-22-9-7-14-6-8-21(2)11-16(14)22/h3-5,10,14,16H,6-9,11-12H2,1-2H3/t14-,16-/m0/s1. The van der Waals surface area contributed by atoms with Crippen LogP contribution in [0.25, 0.3) is 11.4 Å². The van der Waals surface area contributed by atoms with Crippen LogP contribution in [0.5, 0.6) is 0 Å². The summed E-state index contributed by atoms with van der Waals surface area (Å²) in [5, 5.41) is 4.17. The van der Waals surface area contributed by atoms with E-state index in [1.165, 1.54) is 24.9 Å². The number of rotatable bonds is 3. The first-order valence-electron chi connectivity index (χ1n) is 8.51. The summed E-state index contributed by atoms with van der Waals surface area (Å²) in [5.74, 6) is 2.26. The van der Waals surface area contributed by atoms with E-state index in [9.17, 15) is 0 Å². The summed E-state index contributed by atoms with van der Waals surface area (Å²) >= 11 is 0. The number of hydrogen-bond acceptors (Lipinski definition) is 5. The van der Waals surface area contributed by atoms with Gasteiger partial charge in [0.15, 0.2) is 0 Å². The van der Waals surface area contributed by atoms with Crippen molar-refractivity contribution in [1.82, 2.24) is 19.9 Å². The van der Waals surface area contributed by atoms with Gasteiger partial charge in [0.05, 0.1) is 6.54 Å². The van der Waals surface area contributed by atoms with E-state index >= 15 is 0 Å². The maximum atomic E-state index is 5.51. The van der Waals surface area contributed by atoms with Gasteiger partial charge in [-0.3, -0.25) is 4.90 Å². The van der Waals surface area contributed by atoms with E-state index in [1.807, 2.05) is 12.1 Å². The van der Waals surface area contributed by atoms with Crippen molar-refractivity contribution in [2.45, 2.75) is 32.4 Å². The molecule has 0 saturated carbocycles. The molecule has 2 aliphatic rings. The van der Waals surface area contributed by atoms with Crippen molar-refractivity contribution < 1.29 is 4.52 Å². The van der Waals surface area contributed by atoms with Crippen molar-refractivity contribution in [3.8, 4) is 11.4 Å². The van der Waals surface area contributed by atoms with Crippen LogP contribution in [0, 0.1) is 12.8 Å². The first-order valence-corrected chi connectivity index (χ1v) is 8.51. The maximum Gasteiger partial charge on any atom is 0.241 e. The maximum absolute atomic E-state index is 5.51. The van der Waals surface area contributed by atoms with Crippen molar-refractivity contribution in [2.24, 2.45) is 5.92 Å². The van der Waals surface area contributed by atoms with Crippen LogP contribution < -0.4 is 0 Å². The number of piperidine rings is 1. The molecule has 0 radical (unpaired) electrons. The summed E-state index contributed by atoms with van der Waals surface area (Å²) in [6.07, 6.45) is 2.62. The Morgan fingerprint density at radius 1 is 1.26 bits per heavy atom. The highest BCUT2D eigenvalue weighted by Gasteiger charge is 2.37. The molecule has 2 aliphatic heterocycles. The summed E-state index contributed by atoms with van der Waals surface area (Å²) in [4.78, 5) is 9.57. The van der Waals surface area contributed by atoms with Crippen LogP contribution in [0.1, 0.15) is 24.3 Å². The zero-order chi connectivity index (χ0) is 15.8. The normalized spacial score (nSPS) is 25.7. The fraction of sp³-hybridized carbons (Fsp3) is 0.556. The predicted molar refractivity (Wildman–Crippen MR) is 88.9 cm³/mol. The van der Waals surface area contributed by atoms with E-state index in [4.69, 9.17) is 4.52 Å². The van der Waals surface area contributed by atoms with Crippen molar-refractivity contribution in [2.75, 3.05) is 26.7 Å². The second-order valence-electron chi connectivity index (χ2n) is 7.02. The average Bonchev–Trinajstić information content (AvgIpc) is 3.15. The highest BCUT2D eigenvalue weighted by Crippen LogP contribution is 2.32. The monoisotopic (exact) mass is 312 g/mol. The van der Waals surface area contributed by atoms with Crippen LogP contribution >= 0.6 is 0 Å². The molecule has 1 aromatic carbocycles. The number of fused-ring (bicyclic) bond motifs is 1. The summed E-state index contributed by atoms with van der Waals surface area (Å²) in [7, 11) is 2.22. The second-order valence-corrected chi connectivity index (χ2v) is 7.02. The molecule has 0 amide bonds. The fourth-order valence-electron chi connectivity index (χ4n) is 3.98. The summed E-state index contributed by atoms with van der Waals surface area (Å²) in [5.41, 5.74) is 2.23. The van der Waals surface area contributed by atoms with Crippen LogP contribution in [0.15, 0.2) is 28.8 Å². The number of hydrogen-bond donors (Lipinski definition) is 0. The van der Waals surface area contributed by atoms with Gasteiger partial charge in [-0.15, -0.1) is 0 Å². The number of aryl methyl sites for hydroxylation is 1. The van der Waals surface area contributed by atoms with E-state index in [0.29, 0.717) is 11.9 Å². The van der Waals surface area contributed by atoms with Gasteiger partial charge in [0.2, 0.25) is 11.7 Å². The van der Waals surface area contributed by atoms with Gasteiger partial charge in [0, 0.05) is 18.2 Å². The molecule has 5 nitrogen and oxygen atoms in total. The average molecular weight is 312 g/mol. The molecule has 1 aromatic heterocycles. The summed E-state index contributed by atoms with van der Waals surface area (Å²) < 4.78 is 5.51. The van der Waals surface area contributed by atoms with Gasteiger partial charge < -0.3 is 9.42 Å². The van der Waals surface area contributed by atoms with Crippen LogP contribution in [0.3, 0.4) is 0 Å². The minimum absolute atomic E-state index is 0.642. The van der Waals surface area contributed by atoms with Gasteiger partial charge in [-0.2, -0.15) is 4.98 Å². The van der Waals surface area contributed by atoms with E-state index in [2.05, 4.69) is 46.0 Å². The third-order valence-electron chi connectivity index (χ3n) is 5.26. The first-order chi connectivity index (χ1) is 11.2. The van der Waals surface area contributed by atoms with Gasteiger partial charge >= 0.3 is 0 Å². The van der Waals surface area contributed by atoms with Gasteiger partial charge in [-0.1, -0.05) is 28.9 Å². The third-order valence-corrected chi connectivity index (χ3v) is 5.26. The molecule has 5 heteroatoms. The smallest absolute Gasteiger partial charge is 0.241 e. The zero-order valence-corrected chi connectivity index (χ0v) is 13.9. The Labute approximate surface area is 137 Å². The van der Waals surface area contributed by atoms with Crippen molar-refractivity contribution >= 4 is 0 Å². The Balaban J connectivity index is 1.48. The number of likely N-dealkylation sites (N-methyl/N-ethyl adjacent to an activating group) is 1. The molecule has 4 rings (SSSR count). The quantitative estimate of drug-likeness (QED) is 0.871. The minimum atomic E-state index is 0.642. The Morgan fingerprint density at radius 3 is 3.00 bits per heavy atom. The number of benzene rings is 1. The fourth-order valence-corrected chi connectivity index (χ4v) is 3.98. The van der Waals surface area contributed by atoms with Gasteiger partial charge in [0.1, 0.15) is 0 Å². The SMILES string of the molecule is Cc1cccc(-c2noc(CN3CC[C@@H]4CCN(C)C[C@@H]43)n2)c1. The lowest BCUT2D eigenvalue weighted by molar-refractivity contribution is 0.110. The summed E-state index contributed by atoms with van der Waals surface area (Å²) in [6.45, 7) is 6.38. The Kier molecular flexibility index (Phi) is 3.91. The van der Waals surface area contributed by atoms with Gasteiger partial charge in [-0.25, -0.2) is 0 Å². The molecule has 0 N–H and O–H groups in total. The molecule has 0 unspecified atom stereocenters. The van der Waals surface area contributed by atoms with E-state index in [-0.39, 0.29) is 0 Å². The molecule has 0 spiro atoms. The molecule has 0 aliphatic carbocycles. The predicted octanol–water partition coefficient (Wildman–Crippen LogP) is 2.57. The first kappa shape index (κ1) is 14.8. The van der Waals surface area contributed by atoms with Gasteiger partial charge in [0.25, 0.3) is 0 Å². The molecule has 2 fully saturated rings. The van der Waals surface area contributed by atoms with Crippen LogP contribution in [-0.4, -0.2) is 52.7 Å². The molecule has 3 heterocycles. The van der Waals surface area contributed by atoms with Crippen LogP contribution in [-0.2, 0) is 6.54 Å². The highest BCUT2D eigenvalue weighted by atomic mass is 16.5. The van der Waals surface area contributed by atoms with E-state index < -0.39 is 0 Å². The van der Waals surface area contributed by atoms with Crippen molar-refractivity contribution in [3.05, 3.63) is 35.7 Å². The summed E-state index contributed by atoms with van der Waals surface area (Å²) in [6, 6.07) is 8.88. The third kappa shape index (κ3) is 3.03. The van der Waals surface area contributed by atoms with Crippen molar-refractivity contribution in [3.63, 3.8) is 0 Å². The Bertz CT molecular complexity index is 683. The highest BCUT2D eigenvalue weighted by molar-refractivity contribution is 5.55. The molecular formula is C18H24N4O. The molecule has 0 bridgehead atoms. The second kappa shape index (κ2) is 6.06. The number of likely N-dealkylation sites (tertiary alicyclic amines) is 2. The molecule has 122 valence electrons. The largest absolute Gasteiger partial charge is 0.338 e. The molecular weight excluding hydrogens is 288 g/mol. The lowest BCUT2D eigenvalue weighted by atomic mass is 9.92. The van der Waals surface area contributed by atoms with E-state index in [0.717, 1.165) is 37.0 Å². The van der Waals surface area contributed by atoms with Crippen molar-refractivity contribution in [1.29, 1.82) is 0 Å². The van der Waals surface area contributed by atoms with Crippen LogP contribution in [0.4, 0.5) is 0 Å². The molecule has 2 saturated heterocycles. The lowest BCUT2D eigenvalue weighted by Crippen LogP contribution is -2.46. The molecule has 23 heavy (non-hydrogen) atoms. The lowest BCUT2D eigenvalue weighted by Gasteiger charge is -2.36. The van der Waals surface area contributed by atoms with Crippen LogP contribution in [0.2, 0.25) is 0 Å².